The standard InChI is InChI=1S/C16H19NO4/c1-3-5-6-11-9-15(18)21-14-10-12(7-8-13(11)14)17-16(19)20-4-2/h7-10H,3-6H2,1-2H3,(H,17,19). The van der Waals surface area contributed by atoms with Crippen molar-refractivity contribution < 1.29 is 13.9 Å². The number of aryl methyl sites for hydroxylation is 1. The summed E-state index contributed by atoms with van der Waals surface area (Å²) < 4.78 is 10.0. The van der Waals surface area contributed by atoms with Gasteiger partial charge in [0, 0.05) is 23.2 Å². The molecule has 0 aliphatic rings. The molecule has 0 aliphatic carbocycles. The molecule has 1 amide bonds. The van der Waals surface area contributed by atoms with E-state index < -0.39 is 6.09 Å². The van der Waals surface area contributed by atoms with Crippen molar-refractivity contribution in [3.8, 4) is 0 Å². The Hall–Kier alpha value is -2.30. The number of rotatable bonds is 5. The molecule has 0 saturated carbocycles. The molecule has 0 fully saturated rings. The van der Waals surface area contributed by atoms with Gasteiger partial charge in [0.15, 0.2) is 0 Å². The van der Waals surface area contributed by atoms with Gasteiger partial charge in [-0.3, -0.25) is 5.32 Å². The highest BCUT2D eigenvalue weighted by atomic mass is 16.5. The van der Waals surface area contributed by atoms with Crippen molar-refractivity contribution in [1.82, 2.24) is 0 Å². The van der Waals surface area contributed by atoms with E-state index in [1.807, 2.05) is 6.07 Å². The number of carbonyl (C=O) groups is 1. The van der Waals surface area contributed by atoms with Gasteiger partial charge in [-0.15, -0.1) is 0 Å². The summed E-state index contributed by atoms with van der Waals surface area (Å²) in [4.78, 5) is 23.0. The van der Waals surface area contributed by atoms with E-state index in [9.17, 15) is 9.59 Å². The minimum atomic E-state index is -0.527. The van der Waals surface area contributed by atoms with Gasteiger partial charge in [0.05, 0.1) is 6.61 Å². The zero-order valence-corrected chi connectivity index (χ0v) is 12.3. The van der Waals surface area contributed by atoms with Crippen LogP contribution in [0.5, 0.6) is 0 Å². The summed E-state index contributed by atoms with van der Waals surface area (Å²) in [6.07, 6.45) is 2.39. The maximum Gasteiger partial charge on any atom is 0.411 e. The van der Waals surface area contributed by atoms with Gasteiger partial charge in [-0.1, -0.05) is 13.3 Å². The number of nitrogens with one attached hydrogen (secondary N) is 1. The molecule has 0 radical (unpaired) electrons. The van der Waals surface area contributed by atoms with Crippen molar-refractivity contribution in [3.05, 3.63) is 40.2 Å². The first-order valence-corrected chi connectivity index (χ1v) is 7.14. The molecule has 0 unspecified atom stereocenters. The highest BCUT2D eigenvalue weighted by Crippen LogP contribution is 2.22. The molecule has 0 spiro atoms. The van der Waals surface area contributed by atoms with Crippen molar-refractivity contribution in [2.45, 2.75) is 33.1 Å². The Balaban J connectivity index is 2.34. The van der Waals surface area contributed by atoms with E-state index in [1.54, 1.807) is 19.1 Å². The minimum absolute atomic E-state index is 0.301. The lowest BCUT2D eigenvalue weighted by Gasteiger charge is -2.08. The molecule has 0 bridgehead atoms. The Morgan fingerprint density at radius 2 is 2.10 bits per heavy atom. The van der Waals surface area contributed by atoms with Crippen LogP contribution in [0.25, 0.3) is 11.0 Å². The van der Waals surface area contributed by atoms with Gasteiger partial charge in [-0.05, 0) is 37.5 Å². The fraction of sp³-hybridized carbons (Fsp3) is 0.375. The minimum Gasteiger partial charge on any atom is -0.450 e. The van der Waals surface area contributed by atoms with Crippen molar-refractivity contribution in [1.29, 1.82) is 0 Å². The number of anilines is 1. The SMILES string of the molecule is CCCCc1cc(=O)oc2cc(NC(=O)OCC)ccc12. The molecular formula is C16H19NO4. The van der Waals surface area contributed by atoms with Crippen LogP contribution in [0, 0.1) is 0 Å². The van der Waals surface area contributed by atoms with Crippen LogP contribution in [-0.2, 0) is 11.2 Å². The van der Waals surface area contributed by atoms with Gasteiger partial charge in [0.1, 0.15) is 5.58 Å². The first-order chi connectivity index (χ1) is 10.1. The molecule has 0 aliphatic heterocycles. The third-order valence-corrected chi connectivity index (χ3v) is 3.15. The van der Waals surface area contributed by atoms with E-state index >= 15 is 0 Å². The number of fused-ring (bicyclic) bond motifs is 1. The quantitative estimate of drug-likeness (QED) is 0.852. The molecule has 1 aromatic carbocycles. The smallest absolute Gasteiger partial charge is 0.411 e. The molecule has 1 heterocycles. The van der Waals surface area contributed by atoms with Crippen LogP contribution in [0.15, 0.2) is 33.5 Å². The number of amides is 1. The average Bonchev–Trinajstić information content (AvgIpc) is 2.44. The fourth-order valence-electron chi connectivity index (χ4n) is 2.17. The maximum absolute atomic E-state index is 11.6. The summed E-state index contributed by atoms with van der Waals surface area (Å²) in [5, 5.41) is 3.49. The van der Waals surface area contributed by atoms with Gasteiger partial charge in [-0.2, -0.15) is 0 Å². The summed E-state index contributed by atoms with van der Waals surface area (Å²) in [5.41, 5.74) is 1.62. The Bertz CT molecular complexity index is 690. The number of hydrogen-bond acceptors (Lipinski definition) is 4. The highest BCUT2D eigenvalue weighted by molar-refractivity contribution is 5.89. The molecule has 1 aromatic heterocycles. The van der Waals surface area contributed by atoms with E-state index in [2.05, 4.69) is 12.2 Å². The average molecular weight is 289 g/mol. The molecule has 5 heteroatoms. The van der Waals surface area contributed by atoms with Gasteiger partial charge < -0.3 is 9.15 Å². The molecule has 2 rings (SSSR count). The van der Waals surface area contributed by atoms with Gasteiger partial charge >= 0.3 is 11.7 Å². The third kappa shape index (κ3) is 3.84. The predicted molar refractivity (Wildman–Crippen MR) is 81.7 cm³/mol. The van der Waals surface area contributed by atoms with E-state index in [0.29, 0.717) is 17.9 Å². The monoisotopic (exact) mass is 289 g/mol. The van der Waals surface area contributed by atoms with Crippen LogP contribution in [0.2, 0.25) is 0 Å². The fourth-order valence-corrected chi connectivity index (χ4v) is 2.17. The van der Waals surface area contributed by atoms with Crippen LogP contribution in [0.3, 0.4) is 0 Å². The zero-order valence-electron chi connectivity index (χ0n) is 12.3. The van der Waals surface area contributed by atoms with Crippen LogP contribution in [-0.4, -0.2) is 12.7 Å². The second-order valence-corrected chi connectivity index (χ2v) is 4.75. The maximum atomic E-state index is 11.6. The zero-order chi connectivity index (χ0) is 15.2. The highest BCUT2D eigenvalue weighted by Gasteiger charge is 2.08. The van der Waals surface area contributed by atoms with Gasteiger partial charge in [0.25, 0.3) is 0 Å². The van der Waals surface area contributed by atoms with Crippen LogP contribution in [0.1, 0.15) is 32.3 Å². The Labute approximate surface area is 122 Å². The molecular weight excluding hydrogens is 270 g/mol. The summed E-state index contributed by atoms with van der Waals surface area (Å²) in [5.74, 6) is 0. The lowest BCUT2D eigenvalue weighted by atomic mass is 10.0. The first-order valence-electron chi connectivity index (χ1n) is 7.14. The Kier molecular flexibility index (Phi) is 4.98. The Morgan fingerprint density at radius 3 is 2.81 bits per heavy atom. The second-order valence-electron chi connectivity index (χ2n) is 4.75. The predicted octanol–water partition coefficient (Wildman–Crippen LogP) is 3.70. The molecule has 5 nitrogen and oxygen atoms in total. The lowest BCUT2D eigenvalue weighted by Crippen LogP contribution is -2.13. The number of hydrogen-bond donors (Lipinski definition) is 1. The molecule has 2 aromatic rings. The number of unbranched alkanes of at least 4 members (excludes halogenated alkanes) is 1. The van der Waals surface area contributed by atoms with Crippen molar-refractivity contribution in [3.63, 3.8) is 0 Å². The second kappa shape index (κ2) is 6.92. The van der Waals surface area contributed by atoms with E-state index in [1.165, 1.54) is 6.07 Å². The lowest BCUT2D eigenvalue weighted by molar-refractivity contribution is 0.168. The Morgan fingerprint density at radius 1 is 1.29 bits per heavy atom. The van der Waals surface area contributed by atoms with Gasteiger partial charge in [0.2, 0.25) is 0 Å². The molecule has 0 saturated heterocycles. The van der Waals surface area contributed by atoms with E-state index in [0.717, 1.165) is 30.2 Å². The summed E-state index contributed by atoms with van der Waals surface area (Å²) in [6, 6.07) is 6.80. The van der Waals surface area contributed by atoms with Crippen molar-refractivity contribution >= 4 is 22.7 Å². The number of ether oxygens (including phenoxy) is 1. The summed E-state index contributed by atoms with van der Waals surface area (Å²) in [6.45, 7) is 4.14. The van der Waals surface area contributed by atoms with Crippen LogP contribution in [0.4, 0.5) is 10.5 Å². The number of carbonyl (C=O) groups excluding carboxylic acids is 1. The summed E-state index contributed by atoms with van der Waals surface area (Å²) in [7, 11) is 0. The molecule has 0 atom stereocenters. The van der Waals surface area contributed by atoms with E-state index in [-0.39, 0.29) is 5.63 Å². The van der Waals surface area contributed by atoms with Gasteiger partial charge in [-0.25, -0.2) is 9.59 Å². The number of benzene rings is 1. The van der Waals surface area contributed by atoms with Crippen molar-refractivity contribution in [2.75, 3.05) is 11.9 Å². The van der Waals surface area contributed by atoms with E-state index in [4.69, 9.17) is 9.15 Å². The van der Waals surface area contributed by atoms with Crippen LogP contribution >= 0.6 is 0 Å². The largest absolute Gasteiger partial charge is 0.450 e. The van der Waals surface area contributed by atoms with Crippen molar-refractivity contribution in [2.24, 2.45) is 0 Å². The molecule has 21 heavy (non-hydrogen) atoms. The van der Waals surface area contributed by atoms with Crippen LogP contribution < -0.4 is 10.9 Å². The third-order valence-electron chi connectivity index (χ3n) is 3.15. The first kappa shape index (κ1) is 15.1. The molecule has 112 valence electrons. The topological polar surface area (TPSA) is 68.5 Å². The normalized spacial score (nSPS) is 10.6. The summed E-state index contributed by atoms with van der Waals surface area (Å²) >= 11 is 0. The molecule has 1 N–H and O–H groups in total.